The topological polar surface area (TPSA) is 46.3 Å². The molecule has 1 aromatic rings. The molecule has 1 heterocycles. The van der Waals surface area contributed by atoms with Gasteiger partial charge in [-0.1, -0.05) is 45.0 Å². The molecule has 1 atom stereocenters. The number of amides is 1. The van der Waals surface area contributed by atoms with E-state index in [2.05, 4.69) is 32.9 Å². The summed E-state index contributed by atoms with van der Waals surface area (Å²) in [6.07, 6.45) is 0.685. The number of carbonyl (C=O) groups excluding carboxylic acids is 1. The smallest absolute Gasteiger partial charge is 0.223 e. The summed E-state index contributed by atoms with van der Waals surface area (Å²) in [6.45, 7) is 8.80. The molecule has 0 spiro atoms. The molecule has 1 aromatic carbocycles. The number of benzene rings is 1. The van der Waals surface area contributed by atoms with E-state index in [4.69, 9.17) is 5.73 Å². The average Bonchev–Trinajstić information content (AvgIpc) is 2.72. The Balaban J connectivity index is 2.01. The first-order valence-corrected chi connectivity index (χ1v) is 6.96. The van der Waals surface area contributed by atoms with E-state index in [0.29, 0.717) is 18.9 Å². The molecule has 0 aromatic heterocycles. The van der Waals surface area contributed by atoms with Crippen LogP contribution in [0.4, 0.5) is 0 Å². The number of nitrogens with two attached hydrogens (primary N) is 1. The van der Waals surface area contributed by atoms with Gasteiger partial charge in [-0.15, -0.1) is 0 Å². The van der Waals surface area contributed by atoms with Crippen LogP contribution in [0.3, 0.4) is 0 Å². The van der Waals surface area contributed by atoms with Gasteiger partial charge in [0.05, 0.1) is 0 Å². The zero-order valence-corrected chi connectivity index (χ0v) is 12.1. The second-order valence-corrected chi connectivity index (χ2v) is 6.56. The van der Waals surface area contributed by atoms with Crippen LogP contribution >= 0.6 is 0 Å². The highest BCUT2D eigenvalue weighted by Crippen LogP contribution is 2.34. The fourth-order valence-electron chi connectivity index (χ4n) is 2.51. The maximum Gasteiger partial charge on any atom is 0.223 e. The normalized spacial score (nSPS) is 20.1. The predicted octanol–water partition coefficient (Wildman–Crippen LogP) is 2.54. The van der Waals surface area contributed by atoms with Crippen LogP contribution in [0, 0.1) is 11.3 Å². The van der Waals surface area contributed by atoms with Crippen molar-refractivity contribution in [3.05, 3.63) is 35.4 Å². The van der Waals surface area contributed by atoms with Crippen molar-refractivity contribution in [2.24, 2.45) is 17.1 Å². The van der Waals surface area contributed by atoms with Gasteiger partial charge in [-0.3, -0.25) is 4.79 Å². The average molecular weight is 260 g/mol. The number of likely N-dealkylation sites (tertiary alicyclic amines) is 1. The predicted molar refractivity (Wildman–Crippen MR) is 77.3 cm³/mol. The summed E-state index contributed by atoms with van der Waals surface area (Å²) in [5.74, 6) is 0.742. The first-order chi connectivity index (χ1) is 8.90. The van der Waals surface area contributed by atoms with Crippen LogP contribution < -0.4 is 5.73 Å². The largest absolute Gasteiger partial charge is 0.338 e. The zero-order chi connectivity index (χ0) is 14.0. The second kappa shape index (κ2) is 5.33. The summed E-state index contributed by atoms with van der Waals surface area (Å²) in [4.78, 5) is 14.0. The maximum absolute atomic E-state index is 12.1. The molecular weight excluding hydrogens is 236 g/mol. The molecule has 2 N–H and O–H groups in total. The van der Waals surface area contributed by atoms with Crippen LogP contribution in [0.15, 0.2) is 24.3 Å². The lowest BCUT2D eigenvalue weighted by atomic mass is 9.80. The summed E-state index contributed by atoms with van der Waals surface area (Å²) in [6, 6.07) is 8.22. The van der Waals surface area contributed by atoms with Gasteiger partial charge in [0.2, 0.25) is 5.91 Å². The number of carbonyl (C=O) groups is 1. The molecule has 1 aliphatic rings. The highest BCUT2D eigenvalue weighted by molar-refractivity contribution is 5.78. The quantitative estimate of drug-likeness (QED) is 0.907. The summed E-state index contributed by atoms with van der Waals surface area (Å²) in [5, 5.41) is 0. The van der Waals surface area contributed by atoms with Crippen molar-refractivity contribution in [3.63, 3.8) is 0 Å². The molecule has 0 bridgehead atoms. The molecule has 3 heteroatoms. The maximum atomic E-state index is 12.1. The lowest BCUT2D eigenvalue weighted by molar-refractivity contribution is -0.128. The minimum absolute atomic E-state index is 0.202. The highest BCUT2D eigenvalue weighted by atomic mass is 16.2. The molecule has 1 unspecified atom stereocenters. The van der Waals surface area contributed by atoms with Crippen molar-refractivity contribution in [3.8, 4) is 0 Å². The molecule has 3 nitrogen and oxygen atoms in total. The summed E-state index contributed by atoms with van der Waals surface area (Å²) >= 11 is 0. The number of nitrogens with zero attached hydrogens (tertiary/aromatic N) is 1. The first kappa shape index (κ1) is 14.1. The van der Waals surface area contributed by atoms with E-state index in [1.165, 1.54) is 5.56 Å². The molecule has 19 heavy (non-hydrogen) atoms. The lowest BCUT2D eigenvalue weighted by Crippen LogP contribution is -2.27. The van der Waals surface area contributed by atoms with Crippen molar-refractivity contribution >= 4 is 5.91 Å². The van der Waals surface area contributed by atoms with Gasteiger partial charge in [-0.25, -0.2) is 0 Å². The molecule has 2 rings (SSSR count). The van der Waals surface area contributed by atoms with E-state index in [0.717, 1.165) is 18.7 Å². The number of hydrogen-bond donors (Lipinski definition) is 1. The van der Waals surface area contributed by atoms with E-state index in [9.17, 15) is 4.79 Å². The Morgan fingerprint density at radius 3 is 2.26 bits per heavy atom. The molecule has 104 valence electrons. The molecule has 0 radical (unpaired) electrons. The van der Waals surface area contributed by atoms with E-state index in [1.807, 2.05) is 17.0 Å². The Morgan fingerprint density at radius 1 is 1.21 bits per heavy atom. The standard InChI is InChI=1S/C16H24N2O/c1-16(2,3)14-8-15(19)18(11-14)10-13-6-4-12(9-17)5-7-13/h4-7,14H,8-11,17H2,1-3H3. The summed E-state index contributed by atoms with van der Waals surface area (Å²) in [5.41, 5.74) is 8.10. The van der Waals surface area contributed by atoms with Gasteiger partial charge in [0, 0.05) is 26.1 Å². The third-order valence-corrected chi connectivity index (χ3v) is 4.07. The molecule has 1 amide bonds. The molecule has 0 aliphatic carbocycles. The second-order valence-electron chi connectivity index (χ2n) is 6.56. The van der Waals surface area contributed by atoms with Gasteiger partial charge in [-0.05, 0) is 22.5 Å². The summed E-state index contributed by atoms with van der Waals surface area (Å²) in [7, 11) is 0. The van der Waals surface area contributed by atoms with Crippen molar-refractivity contribution in [2.75, 3.05) is 6.54 Å². The third-order valence-electron chi connectivity index (χ3n) is 4.07. The van der Waals surface area contributed by atoms with Crippen molar-refractivity contribution in [2.45, 2.75) is 40.3 Å². The number of rotatable bonds is 3. The Bertz CT molecular complexity index is 445. The monoisotopic (exact) mass is 260 g/mol. The van der Waals surface area contributed by atoms with Crippen molar-refractivity contribution in [1.29, 1.82) is 0 Å². The minimum atomic E-state index is 0.202. The van der Waals surface area contributed by atoms with E-state index in [1.54, 1.807) is 0 Å². The van der Waals surface area contributed by atoms with Crippen LogP contribution in [0.5, 0.6) is 0 Å². The van der Waals surface area contributed by atoms with Crippen LogP contribution in [0.25, 0.3) is 0 Å². The van der Waals surface area contributed by atoms with Crippen molar-refractivity contribution in [1.82, 2.24) is 4.90 Å². The van der Waals surface area contributed by atoms with Crippen LogP contribution in [-0.4, -0.2) is 17.4 Å². The highest BCUT2D eigenvalue weighted by Gasteiger charge is 2.36. The van der Waals surface area contributed by atoms with Crippen LogP contribution in [0.1, 0.15) is 38.3 Å². The van der Waals surface area contributed by atoms with Gasteiger partial charge >= 0.3 is 0 Å². The molecular formula is C16H24N2O. The minimum Gasteiger partial charge on any atom is -0.338 e. The van der Waals surface area contributed by atoms with Gasteiger partial charge in [0.25, 0.3) is 0 Å². The Labute approximate surface area is 115 Å². The van der Waals surface area contributed by atoms with Gasteiger partial charge < -0.3 is 10.6 Å². The fraction of sp³-hybridized carbons (Fsp3) is 0.562. The van der Waals surface area contributed by atoms with Crippen LogP contribution in [-0.2, 0) is 17.9 Å². The molecule has 1 aliphatic heterocycles. The van der Waals surface area contributed by atoms with Gasteiger partial charge in [0.15, 0.2) is 0 Å². The zero-order valence-electron chi connectivity index (χ0n) is 12.1. The number of hydrogen-bond acceptors (Lipinski definition) is 2. The first-order valence-electron chi connectivity index (χ1n) is 6.96. The van der Waals surface area contributed by atoms with E-state index < -0.39 is 0 Å². The Morgan fingerprint density at radius 2 is 1.79 bits per heavy atom. The third kappa shape index (κ3) is 3.35. The lowest BCUT2D eigenvalue weighted by Gasteiger charge is -2.26. The SMILES string of the molecule is CC(C)(C)C1CC(=O)N(Cc2ccc(CN)cc2)C1. The fourth-order valence-corrected chi connectivity index (χ4v) is 2.51. The van der Waals surface area contributed by atoms with Gasteiger partial charge in [0.1, 0.15) is 0 Å². The molecule has 0 saturated carbocycles. The summed E-state index contributed by atoms with van der Waals surface area (Å²) < 4.78 is 0. The Kier molecular flexibility index (Phi) is 3.95. The van der Waals surface area contributed by atoms with E-state index >= 15 is 0 Å². The van der Waals surface area contributed by atoms with Crippen molar-refractivity contribution < 1.29 is 4.79 Å². The van der Waals surface area contributed by atoms with Gasteiger partial charge in [-0.2, -0.15) is 0 Å². The molecule has 1 saturated heterocycles. The molecule has 1 fully saturated rings. The van der Waals surface area contributed by atoms with E-state index in [-0.39, 0.29) is 11.3 Å². The van der Waals surface area contributed by atoms with Crippen LogP contribution in [0.2, 0.25) is 0 Å². The Hall–Kier alpha value is -1.35.